The monoisotopic (exact) mass is 348 g/mol. The Balaban J connectivity index is 1.76. The Morgan fingerprint density at radius 1 is 0.846 bits per heavy atom. The summed E-state index contributed by atoms with van der Waals surface area (Å²) < 4.78 is 0. The maximum atomic E-state index is 13.6. The summed E-state index contributed by atoms with van der Waals surface area (Å²) in [4.78, 5) is 28.2. The molecule has 0 bridgehead atoms. The number of rotatable bonds is 3. The second-order valence-corrected chi connectivity index (χ2v) is 7.27. The highest BCUT2D eigenvalue weighted by molar-refractivity contribution is 6.06. The fraction of sp³-hybridized carbons (Fsp3) is 0.364. The normalized spacial score (nSPS) is 23.3. The van der Waals surface area contributed by atoms with Crippen molar-refractivity contribution in [1.29, 1.82) is 0 Å². The lowest BCUT2D eigenvalue weighted by Gasteiger charge is -2.45. The van der Waals surface area contributed by atoms with Crippen LogP contribution in [0.15, 0.2) is 60.7 Å². The number of likely N-dealkylation sites (tertiary alicyclic amines) is 1. The van der Waals surface area contributed by atoms with Gasteiger partial charge in [0.05, 0.1) is 6.04 Å². The van der Waals surface area contributed by atoms with Gasteiger partial charge in [-0.15, -0.1) is 0 Å². The maximum absolute atomic E-state index is 13.6. The van der Waals surface area contributed by atoms with Crippen LogP contribution in [0.3, 0.4) is 0 Å². The number of hydrogen-bond donors (Lipinski definition) is 1. The number of benzene rings is 2. The third-order valence-electron chi connectivity index (χ3n) is 5.72. The number of carbonyl (C=O) groups is 2. The number of hydrogen-bond acceptors (Lipinski definition) is 2. The van der Waals surface area contributed by atoms with E-state index in [4.69, 9.17) is 0 Å². The molecule has 4 heteroatoms. The molecule has 4 rings (SSSR count). The Morgan fingerprint density at radius 3 is 2.00 bits per heavy atom. The van der Waals surface area contributed by atoms with Crippen molar-refractivity contribution in [2.75, 3.05) is 13.1 Å². The Morgan fingerprint density at radius 2 is 1.42 bits per heavy atom. The number of amides is 2. The molecule has 0 aliphatic carbocycles. The second-order valence-electron chi connectivity index (χ2n) is 7.27. The molecule has 2 aromatic carbocycles. The van der Waals surface area contributed by atoms with E-state index in [9.17, 15) is 9.59 Å². The van der Waals surface area contributed by atoms with Crippen LogP contribution in [0.2, 0.25) is 0 Å². The summed E-state index contributed by atoms with van der Waals surface area (Å²) >= 11 is 0. The molecule has 2 fully saturated rings. The number of nitrogens with one attached hydrogen (secondary N) is 1. The van der Waals surface area contributed by atoms with E-state index in [2.05, 4.69) is 29.6 Å². The topological polar surface area (TPSA) is 49.4 Å². The van der Waals surface area contributed by atoms with Crippen molar-refractivity contribution in [3.8, 4) is 0 Å². The lowest BCUT2D eigenvalue weighted by atomic mass is 9.72. The summed E-state index contributed by atoms with van der Waals surface area (Å²) in [7, 11) is 0. The third kappa shape index (κ3) is 2.79. The highest BCUT2D eigenvalue weighted by atomic mass is 16.2. The lowest BCUT2D eigenvalue weighted by Crippen LogP contribution is -2.59. The molecule has 134 valence electrons. The quantitative estimate of drug-likeness (QED) is 0.865. The van der Waals surface area contributed by atoms with Crippen molar-refractivity contribution in [2.45, 2.75) is 31.7 Å². The Labute approximate surface area is 154 Å². The van der Waals surface area contributed by atoms with E-state index in [1.807, 2.05) is 41.3 Å². The number of piperidine rings is 2. The fourth-order valence-corrected chi connectivity index (χ4v) is 4.42. The molecular weight excluding hydrogens is 324 g/mol. The van der Waals surface area contributed by atoms with Gasteiger partial charge in [-0.2, -0.15) is 0 Å². The van der Waals surface area contributed by atoms with Crippen LogP contribution < -0.4 is 5.32 Å². The van der Waals surface area contributed by atoms with Crippen LogP contribution >= 0.6 is 0 Å². The first-order valence-electron chi connectivity index (χ1n) is 9.42. The molecule has 4 nitrogen and oxygen atoms in total. The molecular formula is C22H24N2O2. The molecule has 2 heterocycles. The highest BCUT2D eigenvalue weighted by Crippen LogP contribution is 2.42. The largest absolute Gasteiger partial charge is 0.355 e. The third-order valence-corrected chi connectivity index (χ3v) is 5.72. The zero-order valence-electron chi connectivity index (χ0n) is 14.9. The van der Waals surface area contributed by atoms with Crippen molar-refractivity contribution >= 4 is 11.8 Å². The summed E-state index contributed by atoms with van der Waals surface area (Å²) in [5.74, 6) is -0.100. The maximum Gasteiger partial charge on any atom is 0.239 e. The highest BCUT2D eigenvalue weighted by Gasteiger charge is 2.52. The summed E-state index contributed by atoms with van der Waals surface area (Å²) in [6.45, 7) is 1.36. The first-order chi connectivity index (χ1) is 12.7. The molecule has 1 atom stereocenters. The van der Waals surface area contributed by atoms with Gasteiger partial charge < -0.3 is 10.2 Å². The van der Waals surface area contributed by atoms with Gasteiger partial charge in [0, 0.05) is 13.1 Å². The van der Waals surface area contributed by atoms with Gasteiger partial charge in [-0.05, 0) is 36.8 Å². The van der Waals surface area contributed by atoms with E-state index < -0.39 is 5.41 Å². The van der Waals surface area contributed by atoms with E-state index in [1.165, 1.54) is 0 Å². The van der Waals surface area contributed by atoms with Crippen LogP contribution in [-0.2, 0) is 9.59 Å². The molecule has 0 aromatic heterocycles. The molecule has 2 amide bonds. The predicted octanol–water partition coefficient (Wildman–Crippen LogP) is 3.29. The number of nitrogens with zero attached hydrogens (tertiary/aromatic N) is 1. The Kier molecular flexibility index (Phi) is 4.49. The van der Waals surface area contributed by atoms with Crippen molar-refractivity contribution in [2.24, 2.45) is 5.41 Å². The zero-order valence-corrected chi connectivity index (χ0v) is 14.9. The Bertz CT molecular complexity index is 747. The van der Waals surface area contributed by atoms with Crippen LogP contribution in [0.4, 0.5) is 0 Å². The van der Waals surface area contributed by atoms with Gasteiger partial charge in [-0.1, -0.05) is 60.7 Å². The van der Waals surface area contributed by atoms with E-state index in [0.29, 0.717) is 25.9 Å². The number of carbonyl (C=O) groups excluding carboxylic acids is 2. The van der Waals surface area contributed by atoms with Crippen molar-refractivity contribution in [3.63, 3.8) is 0 Å². The van der Waals surface area contributed by atoms with Crippen LogP contribution in [0, 0.1) is 5.41 Å². The van der Waals surface area contributed by atoms with Gasteiger partial charge in [0.2, 0.25) is 11.8 Å². The average molecular weight is 348 g/mol. The smallest absolute Gasteiger partial charge is 0.239 e. The fourth-order valence-electron chi connectivity index (χ4n) is 4.42. The standard InChI is InChI=1S/C22H24N2O2/c25-20-22(13-7-15-23-20)14-8-16-24(21(22)26)19(17-9-3-1-4-10-17)18-11-5-2-6-12-18/h1-6,9-12,19H,7-8,13-16H2,(H,23,25). The van der Waals surface area contributed by atoms with Gasteiger partial charge in [0.1, 0.15) is 5.41 Å². The van der Waals surface area contributed by atoms with Crippen molar-refractivity contribution in [1.82, 2.24) is 10.2 Å². The molecule has 1 N–H and O–H groups in total. The SMILES string of the molecule is O=C1NCCCC12CCCN(C(c1ccccc1)c1ccccc1)C2=O. The van der Waals surface area contributed by atoms with Gasteiger partial charge in [-0.25, -0.2) is 0 Å². The summed E-state index contributed by atoms with van der Waals surface area (Å²) in [6, 6.07) is 20.1. The molecule has 0 saturated carbocycles. The molecule has 1 unspecified atom stereocenters. The van der Waals surface area contributed by atoms with Crippen molar-refractivity contribution < 1.29 is 9.59 Å². The van der Waals surface area contributed by atoms with Crippen molar-refractivity contribution in [3.05, 3.63) is 71.8 Å². The molecule has 2 aliphatic rings. The molecule has 26 heavy (non-hydrogen) atoms. The van der Waals surface area contributed by atoms with Gasteiger partial charge >= 0.3 is 0 Å². The van der Waals surface area contributed by atoms with E-state index in [1.54, 1.807) is 0 Å². The minimum Gasteiger partial charge on any atom is -0.355 e. The van der Waals surface area contributed by atoms with Crippen LogP contribution in [0.1, 0.15) is 42.9 Å². The summed E-state index contributed by atoms with van der Waals surface area (Å²) in [5.41, 5.74) is 1.29. The van der Waals surface area contributed by atoms with E-state index >= 15 is 0 Å². The minimum atomic E-state index is -0.877. The summed E-state index contributed by atoms with van der Waals surface area (Å²) in [5, 5.41) is 2.93. The zero-order chi connectivity index (χ0) is 18.0. The van der Waals surface area contributed by atoms with Gasteiger partial charge in [-0.3, -0.25) is 9.59 Å². The molecule has 2 aromatic rings. The van der Waals surface area contributed by atoms with Crippen LogP contribution in [-0.4, -0.2) is 29.8 Å². The predicted molar refractivity (Wildman–Crippen MR) is 100 cm³/mol. The minimum absolute atomic E-state index is 0.0151. The van der Waals surface area contributed by atoms with E-state index in [-0.39, 0.29) is 17.9 Å². The summed E-state index contributed by atoms with van der Waals surface area (Å²) in [6.07, 6.45) is 3.04. The average Bonchev–Trinajstić information content (AvgIpc) is 2.69. The van der Waals surface area contributed by atoms with Gasteiger partial charge in [0.15, 0.2) is 0 Å². The molecule has 2 aliphatic heterocycles. The first-order valence-corrected chi connectivity index (χ1v) is 9.42. The van der Waals surface area contributed by atoms with Crippen LogP contribution in [0.25, 0.3) is 0 Å². The van der Waals surface area contributed by atoms with E-state index in [0.717, 1.165) is 24.0 Å². The second kappa shape index (κ2) is 6.94. The first kappa shape index (κ1) is 16.8. The lowest BCUT2D eigenvalue weighted by molar-refractivity contribution is -0.158. The van der Waals surface area contributed by atoms with Gasteiger partial charge in [0.25, 0.3) is 0 Å². The molecule has 0 radical (unpaired) electrons. The van der Waals surface area contributed by atoms with Crippen LogP contribution in [0.5, 0.6) is 0 Å². The Hall–Kier alpha value is -2.62. The molecule has 1 spiro atoms. The molecule has 2 saturated heterocycles.